The van der Waals surface area contributed by atoms with Crippen molar-refractivity contribution in [2.24, 2.45) is 4.99 Å². The smallest absolute Gasteiger partial charge is 0.246 e. The molecule has 0 bridgehead atoms. The quantitative estimate of drug-likeness (QED) is 0.466. The van der Waals surface area contributed by atoms with Gasteiger partial charge in [-0.1, -0.05) is 18.6 Å². The number of hydrogen-bond donors (Lipinski definition) is 3. The molecule has 8 heteroatoms. The Kier molecular flexibility index (Phi) is 8.06. The molecular formula is C21H31N7O. The largest absolute Gasteiger partial charge is 0.355 e. The number of piperidine rings is 1. The number of aromatic nitrogens is 2. The average molecular weight is 398 g/mol. The molecule has 0 aliphatic carbocycles. The number of nitrogens with zero attached hydrogens (tertiary/aromatic N) is 4. The van der Waals surface area contributed by atoms with Crippen molar-refractivity contribution in [2.45, 2.75) is 32.4 Å². The van der Waals surface area contributed by atoms with Crippen LogP contribution in [0.4, 0.5) is 5.69 Å². The third kappa shape index (κ3) is 7.23. The fourth-order valence-electron chi connectivity index (χ4n) is 3.42. The minimum absolute atomic E-state index is 0.103. The maximum Gasteiger partial charge on any atom is 0.246 e. The maximum absolute atomic E-state index is 12.1. The summed E-state index contributed by atoms with van der Waals surface area (Å²) < 4.78 is 1.60. The van der Waals surface area contributed by atoms with E-state index in [4.69, 9.17) is 0 Å². The number of carbonyl (C=O) groups is 1. The normalized spacial score (nSPS) is 15.1. The average Bonchev–Trinajstić information content (AvgIpc) is 3.24. The molecule has 1 aromatic carbocycles. The molecule has 1 amide bonds. The SMILES string of the molecule is CN=C(NCCN1CCCCC1)NCc1cccc(NC(=O)Cn2cccn2)c1. The topological polar surface area (TPSA) is 86.6 Å². The second kappa shape index (κ2) is 11.2. The van der Waals surface area contributed by atoms with Crippen LogP contribution in [-0.2, 0) is 17.9 Å². The van der Waals surface area contributed by atoms with Crippen LogP contribution in [0.1, 0.15) is 24.8 Å². The number of rotatable bonds is 8. The van der Waals surface area contributed by atoms with E-state index < -0.39 is 0 Å². The zero-order valence-corrected chi connectivity index (χ0v) is 17.1. The van der Waals surface area contributed by atoms with E-state index in [1.54, 1.807) is 30.2 Å². The van der Waals surface area contributed by atoms with Gasteiger partial charge in [0.1, 0.15) is 6.54 Å². The summed E-state index contributed by atoms with van der Waals surface area (Å²) in [7, 11) is 1.78. The molecule has 0 saturated carbocycles. The first-order chi connectivity index (χ1) is 14.2. The van der Waals surface area contributed by atoms with E-state index in [0.717, 1.165) is 30.3 Å². The van der Waals surface area contributed by atoms with Crippen molar-refractivity contribution in [1.29, 1.82) is 0 Å². The second-order valence-electron chi connectivity index (χ2n) is 7.21. The minimum atomic E-state index is -0.103. The zero-order chi connectivity index (χ0) is 20.3. The highest BCUT2D eigenvalue weighted by molar-refractivity contribution is 5.90. The Morgan fingerprint density at radius 2 is 2.03 bits per heavy atom. The molecule has 1 saturated heterocycles. The van der Waals surface area contributed by atoms with Gasteiger partial charge in [0.15, 0.2) is 5.96 Å². The van der Waals surface area contributed by atoms with Crippen molar-refractivity contribution in [3.63, 3.8) is 0 Å². The van der Waals surface area contributed by atoms with E-state index in [-0.39, 0.29) is 12.5 Å². The summed E-state index contributed by atoms with van der Waals surface area (Å²) in [6, 6.07) is 9.61. The number of benzene rings is 1. The van der Waals surface area contributed by atoms with E-state index >= 15 is 0 Å². The van der Waals surface area contributed by atoms with Gasteiger partial charge in [-0.2, -0.15) is 5.10 Å². The molecule has 0 unspecified atom stereocenters. The summed E-state index contributed by atoms with van der Waals surface area (Å²) in [5.41, 5.74) is 1.84. The molecule has 1 aromatic heterocycles. The van der Waals surface area contributed by atoms with Crippen molar-refractivity contribution in [1.82, 2.24) is 25.3 Å². The van der Waals surface area contributed by atoms with Gasteiger partial charge in [-0.15, -0.1) is 0 Å². The first-order valence-corrected chi connectivity index (χ1v) is 10.3. The van der Waals surface area contributed by atoms with E-state index in [0.29, 0.717) is 6.54 Å². The third-order valence-corrected chi connectivity index (χ3v) is 4.93. The number of hydrogen-bond acceptors (Lipinski definition) is 4. The Hall–Kier alpha value is -2.87. The summed E-state index contributed by atoms with van der Waals surface area (Å²) in [5, 5.41) is 13.7. The molecule has 3 N–H and O–H groups in total. The van der Waals surface area contributed by atoms with Gasteiger partial charge in [-0.05, 0) is 49.7 Å². The van der Waals surface area contributed by atoms with E-state index in [1.165, 1.54) is 32.4 Å². The number of guanidine groups is 1. The van der Waals surface area contributed by atoms with Crippen molar-refractivity contribution in [2.75, 3.05) is 38.5 Å². The highest BCUT2D eigenvalue weighted by atomic mass is 16.2. The molecule has 1 aliphatic heterocycles. The van der Waals surface area contributed by atoms with Gasteiger partial charge in [0.05, 0.1) is 0 Å². The van der Waals surface area contributed by atoms with Crippen LogP contribution in [0.2, 0.25) is 0 Å². The highest BCUT2D eigenvalue weighted by Gasteiger charge is 2.09. The Morgan fingerprint density at radius 3 is 2.79 bits per heavy atom. The van der Waals surface area contributed by atoms with Crippen molar-refractivity contribution < 1.29 is 4.79 Å². The minimum Gasteiger partial charge on any atom is -0.355 e. The van der Waals surface area contributed by atoms with Crippen molar-refractivity contribution in [3.8, 4) is 0 Å². The molecule has 1 aliphatic rings. The molecule has 156 valence electrons. The van der Waals surface area contributed by atoms with Crippen LogP contribution in [0.5, 0.6) is 0 Å². The lowest BCUT2D eigenvalue weighted by atomic mass is 10.1. The van der Waals surface area contributed by atoms with Gasteiger partial charge in [0.25, 0.3) is 0 Å². The van der Waals surface area contributed by atoms with Crippen molar-refractivity contribution >= 4 is 17.6 Å². The van der Waals surface area contributed by atoms with Gasteiger partial charge >= 0.3 is 0 Å². The highest BCUT2D eigenvalue weighted by Crippen LogP contribution is 2.11. The van der Waals surface area contributed by atoms with Crippen LogP contribution in [0.25, 0.3) is 0 Å². The van der Waals surface area contributed by atoms with Crippen LogP contribution < -0.4 is 16.0 Å². The number of nitrogens with one attached hydrogen (secondary N) is 3. The molecule has 0 radical (unpaired) electrons. The Balaban J connectivity index is 1.41. The van der Waals surface area contributed by atoms with Gasteiger partial charge in [0.2, 0.25) is 5.91 Å². The monoisotopic (exact) mass is 397 g/mol. The standard InChI is InChI=1S/C21H31N7O/c1-22-21(23-10-14-27-11-3-2-4-12-27)24-16-18-7-5-8-19(15-18)26-20(29)17-28-13-6-9-25-28/h5-9,13,15H,2-4,10-12,14,16-17H2,1H3,(H,26,29)(H2,22,23,24). The Morgan fingerprint density at radius 1 is 1.17 bits per heavy atom. The fourth-order valence-corrected chi connectivity index (χ4v) is 3.42. The lowest BCUT2D eigenvalue weighted by Crippen LogP contribution is -2.42. The van der Waals surface area contributed by atoms with Gasteiger partial charge in [0, 0.05) is 44.8 Å². The molecule has 3 rings (SSSR count). The maximum atomic E-state index is 12.1. The summed E-state index contributed by atoms with van der Waals surface area (Å²) in [6.07, 6.45) is 7.40. The van der Waals surface area contributed by atoms with Crippen LogP contribution in [0, 0.1) is 0 Å². The summed E-state index contributed by atoms with van der Waals surface area (Å²) in [4.78, 5) is 18.9. The number of carbonyl (C=O) groups excluding carboxylic acids is 1. The Bertz CT molecular complexity index is 782. The van der Waals surface area contributed by atoms with Crippen LogP contribution in [0.15, 0.2) is 47.7 Å². The molecule has 29 heavy (non-hydrogen) atoms. The first kappa shape index (κ1) is 20.9. The third-order valence-electron chi connectivity index (χ3n) is 4.93. The van der Waals surface area contributed by atoms with Crippen LogP contribution >= 0.6 is 0 Å². The fraction of sp³-hybridized carbons (Fsp3) is 0.476. The van der Waals surface area contributed by atoms with E-state index in [1.807, 2.05) is 24.3 Å². The number of anilines is 1. The molecule has 2 aromatic rings. The van der Waals surface area contributed by atoms with Crippen LogP contribution in [0.3, 0.4) is 0 Å². The molecule has 0 spiro atoms. The van der Waals surface area contributed by atoms with Crippen molar-refractivity contribution in [3.05, 3.63) is 48.3 Å². The molecule has 2 heterocycles. The number of likely N-dealkylation sites (tertiary alicyclic amines) is 1. The van der Waals surface area contributed by atoms with Gasteiger partial charge in [-0.3, -0.25) is 14.5 Å². The van der Waals surface area contributed by atoms with Crippen LogP contribution in [-0.4, -0.2) is 59.8 Å². The Labute approximate surface area is 172 Å². The lowest BCUT2D eigenvalue weighted by molar-refractivity contribution is -0.116. The van der Waals surface area contributed by atoms with Gasteiger partial charge < -0.3 is 20.9 Å². The number of amides is 1. The second-order valence-corrected chi connectivity index (χ2v) is 7.21. The summed E-state index contributed by atoms with van der Waals surface area (Å²) in [6.45, 7) is 5.15. The van der Waals surface area contributed by atoms with Gasteiger partial charge in [-0.25, -0.2) is 0 Å². The lowest BCUT2D eigenvalue weighted by Gasteiger charge is -2.26. The number of aliphatic imine (C=N–C) groups is 1. The van der Waals surface area contributed by atoms with E-state index in [9.17, 15) is 4.79 Å². The van der Waals surface area contributed by atoms with E-state index in [2.05, 4.69) is 30.9 Å². The summed E-state index contributed by atoms with van der Waals surface area (Å²) >= 11 is 0. The molecule has 8 nitrogen and oxygen atoms in total. The zero-order valence-electron chi connectivity index (χ0n) is 17.1. The molecular weight excluding hydrogens is 366 g/mol. The predicted molar refractivity (Wildman–Crippen MR) is 116 cm³/mol. The predicted octanol–water partition coefficient (Wildman–Crippen LogP) is 1.67. The first-order valence-electron chi connectivity index (χ1n) is 10.3. The summed E-state index contributed by atoms with van der Waals surface area (Å²) in [5.74, 6) is 0.684. The molecule has 0 atom stereocenters. The molecule has 1 fully saturated rings.